The van der Waals surface area contributed by atoms with Gasteiger partial charge in [0.2, 0.25) is 0 Å². The largest absolute Gasteiger partial charge is 0.495 e. The summed E-state index contributed by atoms with van der Waals surface area (Å²) in [6.45, 7) is 1.94. The van der Waals surface area contributed by atoms with Gasteiger partial charge in [0, 0.05) is 5.02 Å². The Morgan fingerprint density at radius 2 is 1.60 bits per heavy atom. The maximum Gasteiger partial charge on any atom is 0.282 e. The number of aryl methyl sites for hydroxylation is 1. The smallest absolute Gasteiger partial charge is 0.282 e. The fourth-order valence-corrected chi connectivity index (χ4v) is 3.52. The summed E-state index contributed by atoms with van der Waals surface area (Å²) in [6.07, 6.45) is 0. The van der Waals surface area contributed by atoms with Crippen LogP contribution in [-0.4, -0.2) is 18.9 Å². The topological polar surface area (TPSA) is 58.6 Å². The van der Waals surface area contributed by atoms with Crippen LogP contribution in [0.3, 0.4) is 0 Å². The average molecular weight is 419 g/mol. The zero-order valence-corrected chi connectivity index (χ0v) is 17.2. The van der Waals surface area contributed by atoms with Crippen molar-refractivity contribution in [3.63, 3.8) is 0 Å². The van der Waals surface area contributed by atoms with Crippen LogP contribution in [0.5, 0.6) is 5.75 Å². The monoisotopic (exact) mass is 418 g/mol. The second-order valence-electron chi connectivity index (χ2n) is 6.87. The maximum absolute atomic E-state index is 13.4. The van der Waals surface area contributed by atoms with Gasteiger partial charge in [-0.1, -0.05) is 48.0 Å². The summed E-state index contributed by atoms with van der Waals surface area (Å²) >= 11 is 6.02. The lowest BCUT2D eigenvalue weighted by Crippen LogP contribution is -2.32. The predicted molar refractivity (Wildman–Crippen MR) is 119 cm³/mol. The number of carbonyl (C=O) groups is 2. The van der Waals surface area contributed by atoms with E-state index in [0.29, 0.717) is 27.7 Å². The minimum atomic E-state index is -0.431. The molecule has 1 aliphatic heterocycles. The van der Waals surface area contributed by atoms with E-state index in [1.165, 1.54) is 4.90 Å². The van der Waals surface area contributed by atoms with Gasteiger partial charge in [-0.05, 0) is 54.4 Å². The molecule has 4 rings (SSSR count). The highest BCUT2D eigenvalue weighted by atomic mass is 35.5. The number of ether oxygens (including phenoxy) is 1. The highest BCUT2D eigenvalue weighted by Crippen LogP contribution is 2.36. The number of carbonyl (C=O) groups excluding carboxylic acids is 2. The number of hydrogen-bond donors (Lipinski definition) is 1. The summed E-state index contributed by atoms with van der Waals surface area (Å²) in [5, 5.41) is 3.70. The van der Waals surface area contributed by atoms with Gasteiger partial charge in [0.1, 0.15) is 11.4 Å². The Bertz CT molecular complexity index is 1150. The van der Waals surface area contributed by atoms with Crippen LogP contribution in [0.25, 0.3) is 5.57 Å². The fourth-order valence-electron chi connectivity index (χ4n) is 3.40. The summed E-state index contributed by atoms with van der Waals surface area (Å²) in [7, 11) is 1.56. The number of rotatable bonds is 5. The molecule has 3 aromatic rings. The van der Waals surface area contributed by atoms with E-state index in [2.05, 4.69) is 5.32 Å². The van der Waals surface area contributed by atoms with Crippen molar-refractivity contribution in [2.45, 2.75) is 6.92 Å². The SMILES string of the molecule is COc1ccc(C)cc1NC1=C(c2ccc(Cl)cc2)C(=O)N(c2ccccc2)C1=O. The zero-order valence-electron chi connectivity index (χ0n) is 16.5. The van der Waals surface area contributed by atoms with Crippen molar-refractivity contribution in [2.75, 3.05) is 17.3 Å². The molecule has 0 bridgehead atoms. The van der Waals surface area contributed by atoms with Crippen molar-refractivity contribution in [2.24, 2.45) is 0 Å². The van der Waals surface area contributed by atoms with Crippen LogP contribution >= 0.6 is 11.6 Å². The Labute approximate surface area is 179 Å². The third-order valence-corrected chi connectivity index (χ3v) is 5.10. The molecule has 0 atom stereocenters. The van der Waals surface area contributed by atoms with E-state index in [1.54, 1.807) is 55.6 Å². The van der Waals surface area contributed by atoms with Gasteiger partial charge in [-0.2, -0.15) is 0 Å². The molecule has 0 saturated heterocycles. The second kappa shape index (κ2) is 8.05. The molecule has 1 aliphatic rings. The Morgan fingerprint density at radius 3 is 2.27 bits per heavy atom. The molecule has 1 heterocycles. The third-order valence-electron chi connectivity index (χ3n) is 4.85. The van der Waals surface area contributed by atoms with Crippen molar-refractivity contribution < 1.29 is 14.3 Å². The van der Waals surface area contributed by atoms with Crippen LogP contribution in [-0.2, 0) is 9.59 Å². The van der Waals surface area contributed by atoms with Gasteiger partial charge in [0.25, 0.3) is 11.8 Å². The molecule has 30 heavy (non-hydrogen) atoms. The average Bonchev–Trinajstić information content (AvgIpc) is 2.99. The Kier molecular flexibility index (Phi) is 5.29. The minimum Gasteiger partial charge on any atom is -0.495 e. The lowest BCUT2D eigenvalue weighted by molar-refractivity contribution is -0.120. The molecular weight excluding hydrogens is 400 g/mol. The molecule has 1 N–H and O–H groups in total. The minimum absolute atomic E-state index is 0.190. The van der Waals surface area contributed by atoms with E-state index in [0.717, 1.165) is 5.56 Å². The molecule has 0 fully saturated rings. The van der Waals surface area contributed by atoms with Gasteiger partial charge in [-0.15, -0.1) is 0 Å². The molecular formula is C24H19ClN2O3. The number of anilines is 2. The summed E-state index contributed by atoms with van der Waals surface area (Å²) in [5.74, 6) is -0.260. The van der Waals surface area contributed by atoms with Crippen molar-refractivity contribution in [1.29, 1.82) is 0 Å². The molecule has 5 nitrogen and oxygen atoms in total. The van der Waals surface area contributed by atoms with Gasteiger partial charge in [-0.3, -0.25) is 9.59 Å². The van der Waals surface area contributed by atoms with Crippen LogP contribution < -0.4 is 15.0 Å². The number of nitrogens with zero attached hydrogens (tertiary/aromatic N) is 1. The van der Waals surface area contributed by atoms with Gasteiger partial charge in [0.05, 0.1) is 24.1 Å². The van der Waals surface area contributed by atoms with E-state index >= 15 is 0 Å². The van der Waals surface area contributed by atoms with Crippen LogP contribution in [0.15, 0.2) is 78.5 Å². The van der Waals surface area contributed by atoms with Gasteiger partial charge in [0.15, 0.2) is 0 Å². The third kappa shape index (κ3) is 3.55. The van der Waals surface area contributed by atoms with Crippen LogP contribution in [0.2, 0.25) is 5.02 Å². The Hall–Kier alpha value is -3.57. The lowest BCUT2D eigenvalue weighted by Gasteiger charge is -2.16. The molecule has 2 amide bonds. The fraction of sp³-hybridized carbons (Fsp3) is 0.0833. The van der Waals surface area contributed by atoms with Gasteiger partial charge >= 0.3 is 0 Å². The summed E-state index contributed by atoms with van der Waals surface area (Å²) < 4.78 is 5.43. The predicted octanol–water partition coefficient (Wildman–Crippen LogP) is 5.05. The number of imide groups is 1. The van der Waals surface area contributed by atoms with Crippen LogP contribution in [0.1, 0.15) is 11.1 Å². The Morgan fingerprint density at radius 1 is 0.900 bits per heavy atom. The van der Waals surface area contributed by atoms with Crippen molar-refractivity contribution in [1.82, 2.24) is 0 Å². The first-order valence-corrected chi connectivity index (χ1v) is 9.73. The second-order valence-corrected chi connectivity index (χ2v) is 7.30. The molecule has 0 aromatic heterocycles. The molecule has 0 saturated carbocycles. The highest BCUT2D eigenvalue weighted by Gasteiger charge is 2.40. The maximum atomic E-state index is 13.4. The number of nitrogens with one attached hydrogen (secondary N) is 1. The molecule has 3 aromatic carbocycles. The molecule has 0 spiro atoms. The Balaban J connectivity index is 1.85. The number of para-hydroxylation sites is 1. The number of amides is 2. The quantitative estimate of drug-likeness (QED) is 0.589. The van der Waals surface area contributed by atoms with Crippen LogP contribution in [0, 0.1) is 6.92 Å². The first-order chi connectivity index (χ1) is 14.5. The number of methoxy groups -OCH3 is 1. The highest BCUT2D eigenvalue weighted by molar-refractivity contribution is 6.46. The van der Waals surface area contributed by atoms with Crippen molar-refractivity contribution >= 4 is 40.4 Å². The molecule has 0 aliphatic carbocycles. The van der Waals surface area contributed by atoms with E-state index in [9.17, 15) is 9.59 Å². The molecule has 6 heteroatoms. The molecule has 0 unspecified atom stereocenters. The standard InChI is InChI=1S/C24H19ClN2O3/c1-15-8-13-20(30-2)19(14-15)26-22-21(16-9-11-17(25)12-10-16)23(28)27(24(22)29)18-6-4-3-5-7-18/h3-14,26H,1-2H3. The van der Waals surface area contributed by atoms with E-state index in [1.807, 2.05) is 31.2 Å². The number of halogens is 1. The normalized spacial score (nSPS) is 13.8. The van der Waals surface area contributed by atoms with Gasteiger partial charge < -0.3 is 10.1 Å². The summed E-state index contributed by atoms with van der Waals surface area (Å²) in [4.78, 5) is 27.9. The number of benzene rings is 3. The number of hydrogen-bond acceptors (Lipinski definition) is 4. The lowest BCUT2D eigenvalue weighted by atomic mass is 10.0. The first-order valence-electron chi connectivity index (χ1n) is 9.35. The van der Waals surface area contributed by atoms with Crippen LogP contribution in [0.4, 0.5) is 11.4 Å². The first kappa shape index (κ1) is 19.7. The van der Waals surface area contributed by atoms with Crippen molar-refractivity contribution in [3.05, 3.63) is 94.6 Å². The molecule has 0 radical (unpaired) electrons. The van der Waals surface area contributed by atoms with Gasteiger partial charge in [-0.25, -0.2) is 4.90 Å². The van der Waals surface area contributed by atoms with Crippen molar-refractivity contribution in [3.8, 4) is 5.75 Å². The van der Waals surface area contributed by atoms with E-state index in [4.69, 9.17) is 16.3 Å². The molecule has 150 valence electrons. The van der Waals surface area contributed by atoms with E-state index < -0.39 is 11.8 Å². The zero-order chi connectivity index (χ0) is 21.3. The summed E-state index contributed by atoms with van der Waals surface area (Å²) in [5.41, 5.74) is 3.18. The summed E-state index contributed by atoms with van der Waals surface area (Å²) in [6, 6.07) is 21.3. The van der Waals surface area contributed by atoms with E-state index in [-0.39, 0.29) is 11.3 Å².